The molecule has 114 valence electrons. The van der Waals surface area contributed by atoms with Gasteiger partial charge in [-0.1, -0.05) is 50.4 Å². The molecular weight excluding hydrogens is 327 g/mol. The van der Waals surface area contributed by atoms with Crippen LogP contribution in [-0.4, -0.2) is 16.6 Å². The lowest BCUT2D eigenvalue weighted by atomic mass is 9.82. The maximum absolute atomic E-state index is 13.0. The third-order valence-corrected chi connectivity index (χ3v) is 4.57. The first-order valence-electron chi connectivity index (χ1n) is 6.94. The molecule has 1 aliphatic heterocycles. The largest absolute Gasteiger partial charge is 0.347 e. The highest BCUT2D eigenvalue weighted by Gasteiger charge is 2.51. The van der Waals surface area contributed by atoms with Gasteiger partial charge in [0.15, 0.2) is 5.11 Å². The molecule has 1 atom stereocenters. The first kappa shape index (κ1) is 16.5. The molecule has 6 heteroatoms. The van der Waals surface area contributed by atoms with Crippen molar-refractivity contribution in [2.24, 2.45) is 5.92 Å². The monoisotopic (exact) mass is 344 g/mol. The van der Waals surface area contributed by atoms with Crippen molar-refractivity contribution >= 4 is 52.1 Å². The molecule has 1 aliphatic rings. The summed E-state index contributed by atoms with van der Waals surface area (Å²) in [5, 5.41) is 4.58. The number of anilines is 1. The number of rotatable bonds is 4. The maximum Gasteiger partial charge on any atom is 0.259 e. The number of amides is 1. The highest BCUT2D eigenvalue weighted by atomic mass is 35.5. The molecule has 1 saturated heterocycles. The van der Waals surface area contributed by atoms with Gasteiger partial charge in [0.2, 0.25) is 0 Å². The van der Waals surface area contributed by atoms with Crippen LogP contribution in [0.1, 0.15) is 33.6 Å². The van der Waals surface area contributed by atoms with Gasteiger partial charge in [0.1, 0.15) is 5.54 Å². The van der Waals surface area contributed by atoms with E-state index in [4.69, 9.17) is 35.4 Å². The number of nitrogens with zero attached hydrogens (tertiary/aromatic N) is 1. The van der Waals surface area contributed by atoms with Gasteiger partial charge in [-0.2, -0.15) is 0 Å². The predicted molar refractivity (Wildman–Crippen MR) is 92.2 cm³/mol. The summed E-state index contributed by atoms with van der Waals surface area (Å²) in [6.07, 6.45) is 1.62. The smallest absolute Gasteiger partial charge is 0.259 e. The zero-order valence-electron chi connectivity index (χ0n) is 12.2. The Labute approximate surface area is 140 Å². The van der Waals surface area contributed by atoms with E-state index in [1.54, 1.807) is 18.2 Å². The normalized spacial score (nSPS) is 22.1. The lowest BCUT2D eigenvalue weighted by Crippen LogP contribution is -2.51. The highest BCUT2D eigenvalue weighted by Crippen LogP contribution is 2.35. The summed E-state index contributed by atoms with van der Waals surface area (Å²) in [5.41, 5.74) is -0.0469. The number of nitrogens with one attached hydrogen (secondary N) is 1. The molecule has 21 heavy (non-hydrogen) atoms. The van der Waals surface area contributed by atoms with Gasteiger partial charge in [0.05, 0.1) is 5.69 Å². The number of carbonyl (C=O) groups is 1. The number of benzene rings is 1. The third-order valence-electron chi connectivity index (χ3n) is 3.85. The van der Waals surface area contributed by atoms with Crippen LogP contribution >= 0.6 is 35.4 Å². The average Bonchev–Trinajstić information content (AvgIpc) is 2.61. The van der Waals surface area contributed by atoms with Gasteiger partial charge in [-0.05, 0) is 42.8 Å². The van der Waals surface area contributed by atoms with Crippen molar-refractivity contribution in [2.75, 3.05) is 4.90 Å². The van der Waals surface area contributed by atoms with Crippen LogP contribution in [-0.2, 0) is 4.79 Å². The van der Waals surface area contributed by atoms with Crippen molar-refractivity contribution in [3.05, 3.63) is 28.2 Å². The Balaban J connectivity index is 2.46. The molecule has 0 spiro atoms. The summed E-state index contributed by atoms with van der Waals surface area (Å²) in [5.74, 6) is 0.0882. The predicted octanol–water partition coefficient (Wildman–Crippen LogP) is 4.41. The van der Waals surface area contributed by atoms with Crippen molar-refractivity contribution in [1.29, 1.82) is 0 Å². The third kappa shape index (κ3) is 2.89. The van der Waals surface area contributed by atoms with Crippen LogP contribution in [0.2, 0.25) is 10.0 Å². The summed E-state index contributed by atoms with van der Waals surface area (Å²) >= 11 is 17.4. The second kappa shape index (κ2) is 6.11. The Morgan fingerprint density at radius 2 is 1.86 bits per heavy atom. The zero-order chi connectivity index (χ0) is 15.8. The SMILES string of the molecule is CCCC1(C(C)C)NC(=S)N(c2cc(Cl)cc(Cl)c2)C1=O. The first-order chi connectivity index (χ1) is 9.81. The molecule has 1 heterocycles. The van der Waals surface area contributed by atoms with Gasteiger partial charge in [-0.25, -0.2) is 0 Å². The molecule has 1 unspecified atom stereocenters. The second-order valence-electron chi connectivity index (χ2n) is 5.57. The van der Waals surface area contributed by atoms with Crippen LogP contribution in [0.3, 0.4) is 0 Å². The molecule has 0 aromatic heterocycles. The zero-order valence-corrected chi connectivity index (χ0v) is 14.6. The Kier molecular flexibility index (Phi) is 4.81. The van der Waals surface area contributed by atoms with E-state index in [1.165, 1.54) is 4.90 Å². The van der Waals surface area contributed by atoms with Crippen molar-refractivity contribution < 1.29 is 4.79 Å². The van der Waals surface area contributed by atoms with Crippen LogP contribution in [0.15, 0.2) is 18.2 Å². The van der Waals surface area contributed by atoms with Crippen molar-refractivity contribution in [3.63, 3.8) is 0 Å². The molecular formula is C15H18Cl2N2OS. The lowest BCUT2D eigenvalue weighted by molar-refractivity contribution is -0.123. The van der Waals surface area contributed by atoms with E-state index in [1.807, 2.05) is 13.8 Å². The number of halogens is 2. The summed E-state index contributed by atoms with van der Waals surface area (Å²) in [4.78, 5) is 14.5. The van der Waals surface area contributed by atoms with Crippen LogP contribution < -0.4 is 10.2 Å². The van der Waals surface area contributed by atoms with E-state index in [9.17, 15) is 4.79 Å². The summed E-state index contributed by atoms with van der Waals surface area (Å²) in [6.45, 7) is 6.11. The minimum Gasteiger partial charge on any atom is -0.347 e. The fourth-order valence-electron chi connectivity index (χ4n) is 2.74. The number of thiocarbonyl (C=S) groups is 1. The molecule has 0 saturated carbocycles. The van der Waals surface area contributed by atoms with Gasteiger partial charge in [-0.3, -0.25) is 9.69 Å². The molecule has 1 aromatic rings. The molecule has 1 fully saturated rings. The van der Waals surface area contributed by atoms with E-state index in [0.29, 0.717) is 20.8 Å². The molecule has 0 radical (unpaired) electrons. The fourth-order valence-corrected chi connectivity index (χ4v) is 3.62. The van der Waals surface area contributed by atoms with Crippen molar-refractivity contribution in [2.45, 2.75) is 39.2 Å². The van der Waals surface area contributed by atoms with Crippen LogP contribution in [0, 0.1) is 5.92 Å². The minimum absolute atomic E-state index is 0.0392. The summed E-state index contributed by atoms with van der Waals surface area (Å²) in [6, 6.07) is 5.02. The molecule has 1 N–H and O–H groups in total. The fraction of sp³-hybridized carbons (Fsp3) is 0.467. The second-order valence-corrected chi connectivity index (χ2v) is 6.83. The highest BCUT2D eigenvalue weighted by molar-refractivity contribution is 7.80. The average molecular weight is 345 g/mol. The first-order valence-corrected chi connectivity index (χ1v) is 8.11. The standard InChI is InChI=1S/C15H18Cl2N2OS/c1-4-5-15(9(2)3)13(20)19(14(21)18-15)12-7-10(16)6-11(17)8-12/h6-9H,4-5H2,1-3H3,(H,18,21). The van der Waals surface area contributed by atoms with Crippen LogP contribution in [0.5, 0.6) is 0 Å². The quantitative estimate of drug-likeness (QED) is 0.821. The Bertz CT molecular complexity index is 571. The number of hydrogen-bond acceptors (Lipinski definition) is 2. The number of hydrogen-bond donors (Lipinski definition) is 1. The Morgan fingerprint density at radius 1 is 1.29 bits per heavy atom. The lowest BCUT2D eigenvalue weighted by Gasteiger charge is -2.30. The maximum atomic E-state index is 13.0. The van der Waals surface area contributed by atoms with E-state index >= 15 is 0 Å². The van der Waals surface area contributed by atoms with Crippen molar-refractivity contribution in [3.8, 4) is 0 Å². The van der Waals surface area contributed by atoms with E-state index in [0.717, 1.165) is 12.8 Å². The summed E-state index contributed by atoms with van der Waals surface area (Å²) < 4.78 is 0. The molecule has 0 aliphatic carbocycles. The van der Waals surface area contributed by atoms with E-state index < -0.39 is 5.54 Å². The Morgan fingerprint density at radius 3 is 2.33 bits per heavy atom. The van der Waals surface area contributed by atoms with Gasteiger partial charge in [0, 0.05) is 10.0 Å². The Hall–Kier alpha value is -0.840. The minimum atomic E-state index is -0.652. The van der Waals surface area contributed by atoms with Crippen LogP contribution in [0.25, 0.3) is 0 Å². The van der Waals surface area contributed by atoms with E-state index in [2.05, 4.69) is 12.2 Å². The van der Waals surface area contributed by atoms with Gasteiger partial charge < -0.3 is 5.32 Å². The molecule has 3 nitrogen and oxygen atoms in total. The van der Waals surface area contributed by atoms with Gasteiger partial charge in [0.25, 0.3) is 5.91 Å². The summed E-state index contributed by atoms with van der Waals surface area (Å²) in [7, 11) is 0. The molecule has 0 bridgehead atoms. The van der Waals surface area contributed by atoms with Gasteiger partial charge >= 0.3 is 0 Å². The molecule has 1 amide bonds. The number of carbonyl (C=O) groups excluding carboxylic acids is 1. The molecule has 2 rings (SSSR count). The topological polar surface area (TPSA) is 32.3 Å². The molecule has 1 aromatic carbocycles. The van der Waals surface area contributed by atoms with Crippen molar-refractivity contribution in [1.82, 2.24) is 5.32 Å². The van der Waals surface area contributed by atoms with Gasteiger partial charge in [-0.15, -0.1) is 0 Å². The van der Waals surface area contributed by atoms with E-state index in [-0.39, 0.29) is 11.8 Å². The van der Waals surface area contributed by atoms with Crippen LogP contribution in [0.4, 0.5) is 5.69 Å².